The van der Waals surface area contributed by atoms with Crippen LogP contribution in [0.5, 0.6) is 0 Å². The number of hydrogen-bond acceptors (Lipinski definition) is 4. The number of hydrogen-bond donors (Lipinski definition) is 1. The highest BCUT2D eigenvalue weighted by Gasteiger charge is 2.49. The van der Waals surface area contributed by atoms with Crippen molar-refractivity contribution >= 4 is 12.0 Å². The summed E-state index contributed by atoms with van der Waals surface area (Å²) in [6.45, 7) is 1.32. The van der Waals surface area contributed by atoms with Crippen LogP contribution in [0.3, 0.4) is 0 Å². The minimum atomic E-state index is -0.620. The van der Waals surface area contributed by atoms with Crippen LogP contribution in [0.1, 0.15) is 34.5 Å². The molecule has 1 atom stereocenters. The zero-order chi connectivity index (χ0) is 16.2. The number of carbonyl (C=O) groups is 2. The molecular weight excluding hydrogens is 298 g/mol. The molecule has 122 valence electrons. The van der Waals surface area contributed by atoms with Crippen LogP contribution in [0.4, 0.5) is 4.79 Å². The first-order valence-corrected chi connectivity index (χ1v) is 7.96. The molecule has 3 heterocycles. The molecule has 7 heteroatoms. The van der Waals surface area contributed by atoms with E-state index in [0.29, 0.717) is 26.1 Å². The van der Waals surface area contributed by atoms with Crippen LogP contribution in [-0.2, 0) is 17.6 Å². The molecule has 2 saturated heterocycles. The van der Waals surface area contributed by atoms with Gasteiger partial charge in [-0.05, 0) is 30.9 Å². The normalized spacial score (nSPS) is 26.0. The fraction of sp³-hybridized carbons (Fsp3) is 0.562. The van der Waals surface area contributed by atoms with Gasteiger partial charge in [-0.2, -0.15) is 0 Å². The summed E-state index contributed by atoms with van der Waals surface area (Å²) in [5.41, 5.74) is 1.27. The molecular formula is C16H19N3O4. The van der Waals surface area contributed by atoms with Gasteiger partial charge in [-0.3, -0.25) is 9.59 Å². The van der Waals surface area contributed by atoms with Gasteiger partial charge in [0.15, 0.2) is 5.60 Å². The molecule has 0 aromatic carbocycles. The van der Waals surface area contributed by atoms with E-state index < -0.39 is 5.60 Å². The van der Waals surface area contributed by atoms with E-state index in [2.05, 4.69) is 4.98 Å². The molecule has 2 aliphatic heterocycles. The lowest BCUT2D eigenvalue weighted by molar-refractivity contribution is 0.0552. The number of aryl methyl sites for hydroxylation is 2. The van der Waals surface area contributed by atoms with Crippen molar-refractivity contribution in [2.24, 2.45) is 0 Å². The molecule has 23 heavy (non-hydrogen) atoms. The molecule has 1 aromatic heterocycles. The van der Waals surface area contributed by atoms with Gasteiger partial charge in [-0.15, -0.1) is 0 Å². The molecule has 1 aliphatic carbocycles. The highest BCUT2D eigenvalue weighted by atomic mass is 16.6. The number of H-pyrrole nitrogens is 1. The average molecular weight is 317 g/mol. The average Bonchev–Trinajstić information content (AvgIpc) is 3.18. The Hall–Kier alpha value is -2.31. The van der Waals surface area contributed by atoms with Gasteiger partial charge in [0, 0.05) is 25.7 Å². The Bertz CT molecular complexity index is 756. The number of rotatable bonds is 1. The number of likely N-dealkylation sites (tertiary alicyclic amines) is 1. The third-order valence-electron chi connectivity index (χ3n) is 5.06. The van der Waals surface area contributed by atoms with E-state index in [0.717, 1.165) is 30.5 Å². The third kappa shape index (κ3) is 2.22. The predicted octanol–water partition coefficient (Wildman–Crippen LogP) is 0.530. The summed E-state index contributed by atoms with van der Waals surface area (Å²) in [7, 11) is 1.69. The van der Waals surface area contributed by atoms with Crippen molar-refractivity contribution in [2.45, 2.75) is 31.3 Å². The van der Waals surface area contributed by atoms with Crippen LogP contribution in [0.15, 0.2) is 10.9 Å². The standard InChI is InChI=1S/C16H19N3O4/c1-18-8-16(23-15(18)22)5-6-19(9-16)14(21)11-7-10-3-2-4-12(10)17-13(11)20/h7H,2-6,8-9H2,1H3,(H,17,20). The molecule has 1 aromatic rings. The van der Waals surface area contributed by atoms with Gasteiger partial charge in [0.25, 0.3) is 11.5 Å². The van der Waals surface area contributed by atoms with Gasteiger partial charge in [0.1, 0.15) is 5.56 Å². The molecule has 3 aliphatic rings. The van der Waals surface area contributed by atoms with E-state index in [1.807, 2.05) is 0 Å². The minimum absolute atomic E-state index is 0.195. The van der Waals surface area contributed by atoms with Crippen LogP contribution in [0, 0.1) is 0 Å². The lowest BCUT2D eigenvalue weighted by Crippen LogP contribution is -2.40. The van der Waals surface area contributed by atoms with Gasteiger partial charge in [0.2, 0.25) is 0 Å². The molecule has 0 radical (unpaired) electrons. The number of aromatic amines is 1. The van der Waals surface area contributed by atoms with Crippen LogP contribution in [0.2, 0.25) is 0 Å². The molecule has 0 bridgehead atoms. The van der Waals surface area contributed by atoms with Gasteiger partial charge in [-0.1, -0.05) is 0 Å². The van der Waals surface area contributed by atoms with Gasteiger partial charge < -0.3 is 19.5 Å². The minimum Gasteiger partial charge on any atom is -0.439 e. The Morgan fingerprint density at radius 3 is 2.87 bits per heavy atom. The van der Waals surface area contributed by atoms with Crippen LogP contribution in [-0.4, -0.2) is 59.1 Å². The summed E-state index contributed by atoms with van der Waals surface area (Å²) in [5.74, 6) is -0.275. The highest BCUT2D eigenvalue weighted by molar-refractivity contribution is 5.94. The molecule has 1 unspecified atom stereocenters. The van der Waals surface area contributed by atoms with Gasteiger partial charge in [-0.25, -0.2) is 4.79 Å². The zero-order valence-corrected chi connectivity index (χ0v) is 13.1. The maximum Gasteiger partial charge on any atom is 0.410 e. The quantitative estimate of drug-likeness (QED) is 0.819. The van der Waals surface area contributed by atoms with Crippen LogP contribution in [0.25, 0.3) is 0 Å². The first-order chi connectivity index (χ1) is 11.0. The van der Waals surface area contributed by atoms with Crippen LogP contribution < -0.4 is 5.56 Å². The largest absolute Gasteiger partial charge is 0.439 e. The maximum absolute atomic E-state index is 12.7. The van der Waals surface area contributed by atoms with E-state index in [1.54, 1.807) is 18.0 Å². The summed E-state index contributed by atoms with van der Waals surface area (Å²) in [6.07, 6.45) is 3.04. The van der Waals surface area contributed by atoms with Crippen molar-refractivity contribution in [1.29, 1.82) is 0 Å². The number of amides is 2. The van der Waals surface area contributed by atoms with Crippen molar-refractivity contribution in [1.82, 2.24) is 14.8 Å². The molecule has 4 rings (SSSR count). The summed E-state index contributed by atoms with van der Waals surface area (Å²) in [6, 6.07) is 1.74. The number of likely N-dealkylation sites (N-methyl/N-ethyl adjacent to an activating group) is 1. The molecule has 1 N–H and O–H groups in total. The molecule has 0 saturated carbocycles. The Labute approximate surface area is 133 Å². The Kier molecular flexibility index (Phi) is 3.01. The zero-order valence-electron chi connectivity index (χ0n) is 13.1. The fourth-order valence-corrected chi connectivity index (χ4v) is 3.87. The highest BCUT2D eigenvalue weighted by Crippen LogP contribution is 2.32. The van der Waals surface area contributed by atoms with E-state index in [-0.39, 0.29) is 23.1 Å². The second-order valence-corrected chi connectivity index (χ2v) is 6.75. The SMILES string of the molecule is CN1CC2(CCN(C(=O)c3cc4c([nH]c3=O)CCC4)C2)OC1=O. The Morgan fingerprint density at radius 1 is 1.30 bits per heavy atom. The first kappa shape index (κ1) is 14.3. The number of pyridine rings is 1. The number of nitrogens with zero attached hydrogens (tertiary/aromatic N) is 2. The predicted molar refractivity (Wildman–Crippen MR) is 81.5 cm³/mol. The van der Waals surface area contributed by atoms with Crippen molar-refractivity contribution in [3.8, 4) is 0 Å². The Morgan fingerprint density at radius 2 is 2.13 bits per heavy atom. The Balaban J connectivity index is 1.57. The van der Waals surface area contributed by atoms with Crippen molar-refractivity contribution < 1.29 is 14.3 Å². The molecule has 7 nitrogen and oxygen atoms in total. The fourth-order valence-electron chi connectivity index (χ4n) is 3.87. The third-order valence-corrected chi connectivity index (χ3v) is 5.06. The number of nitrogens with one attached hydrogen (secondary N) is 1. The van der Waals surface area contributed by atoms with Crippen LogP contribution >= 0.6 is 0 Å². The van der Waals surface area contributed by atoms with Gasteiger partial charge in [0.05, 0.1) is 13.1 Å². The summed E-state index contributed by atoms with van der Waals surface area (Å²) in [4.78, 5) is 42.5. The number of ether oxygens (including phenoxy) is 1. The lowest BCUT2D eigenvalue weighted by atomic mass is 10.0. The topological polar surface area (TPSA) is 82.7 Å². The molecule has 2 fully saturated rings. The lowest BCUT2D eigenvalue weighted by Gasteiger charge is -2.21. The van der Waals surface area contributed by atoms with E-state index in [1.165, 1.54) is 4.90 Å². The summed E-state index contributed by atoms with van der Waals surface area (Å²) >= 11 is 0. The van der Waals surface area contributed by atoms with Crippen molar-refractivity contribution in [3.63, 3.8) is 0 Å². The molecule has 2 amide bonds. The monoisotopic (exact) mass is 317 g/mol. The number of carbonyl (C=O) groups excluding carboxylic acids is 2. The first-order valence-electron chi connectivity index (χ1n) is 7.96. The number of aromatic nitrogens is 1. The number of fused-ring (bicyclic) bond motifs is 1. The second-order valence-electron chi connectivity index (χ2n) is 6.75. The smallest absolute Gasteiger partial charge is 0.410 e. The van der Waals surface area contributed by atoms with E-state index in [9.17, 15) is 14.4 Å². The van der Waals surface area contributed by atoms with Crippen molar-refractivity contribution in [3.05, 3.63) is 33.2 Å². The van der Waals surface area contributed by atoms with E-state index in [4.69, 9.17) is 4.74 Å². The summed E-state index contributed by atoms with van der Waals surface area (Å²) in [5, 5.41) is 0. The van der Waals surface area contributed by atoms with Gasteiger partial charge >= 0.3 is 6.09 Å². The summed E-state index contributed by atoms with van der Waals surface area (Å²) < 4.78 is 5.45. The second kappa shape index (κ2) is 4.84. The molecule has 1 spiro atoms. The maximum atomic E-state index is 12.7. The van der Waals surface area contributed by atoms with E-state index >= 15 is 0 Å². The van der Waals surface area contributed by atoms with Crippen molar-refractivity contribution in [2.75, 3.05) is 26.7 Å².